The van der Waals surface area contributed by atoms with Gasteiger partial charge in [0.15, 0.2) is 5.03 Å². The Hall–Kier alpha value is -0.920. The molecule has 1 aliphatic heterocycles. The van der Waals surface area contributed by atoms with Gasteiger partial charge in [-0.05, 0) is 18.9 Å². The van der Waals surface area contributed by atoms with Gasteiger partial charge in [0.05, 0.1) is 6.20 Å². The molecule has 0 aromatic carbocycles. The van der Waals surface area contributed by atoms with Crippen LogP contribution in [0.2, 0.25) is 0 Å². The van der Waals surface area contributed by atoms with Crippen molar-refractivity contribution in [1.29, 1.82) is 0 Å². The van der Waals surface area contributed by atoms with Gasteiger partial charge in [-0.15, -0.1) is 0 Å². The predicted molar refractivity (Wildman–Crippen MR) is 73.3 cm³/mol. The van der Waals surface area contributed by atoms with Crippen LogP contribution in [0.3, 0.4) is 0 Å². The molecule has 2 rings (SSSR count). The number of piperazine rings is 1. The maximum atomic E-state index is 12.7. The number of nitrogens with one attached hydrogen (secondary N) is 1. The predicted octanol–water partition coefficient (Wildman–Crippen LogP) is 0.571. The first-order valence-corrected chi connectivity index (χ1v) is 8.17. The number of aromatic nitrogens is 2. The van der Waals surface area contributed by atoms with Crippen LogP contribution in [0, 0.1) is 0 Å². The van der Waals surface area contributed by atoms with Crippen LogP contribution < -0.4 is 5.32 Å². The molecule has 0 bridgehead atoms. The molecule has 6 nitrogen and oxygen atoms in total. The fourth-order valence-corrected chi connectivity index (χ4v) is 4.33. The number of hydrogen-bond acceptors (Lipinski definition) is 4. The highest BCUT2D eigenvalue weighted by molar-refractivity contribution is 7.89. The molecular formula is C12H22N4O2S. The lowest BCUT2D eigenvalue weighted by Gasteiger charge is -2.38. The molecule has 7 heteroatoms. The van der Waals surface area contributed by atoms with Crippen molar-refractivity contribution in [2.75, 3.05) is 13.1 Å². The molecule has 0 radical (unpaired) electrons. The van der Waals surface area contributed by atoms with Crippen LogP contribution in [0.25, 0.3) is 0 Å². The summed E-state index contributed by atoms with van der Waals surface area (Å²) in [6, 6.07) is 1.80. The molecule has 0 spiro atoms. The molecule has 19 heavy (non-hydrogen) atoms. The molecule has 2 unspecified atom stereocenters. The number of nitrogens with zero attached hydrogens (tertiary/aromatic N) is 3. The smallest absolute Gasteiger partial charge is 0.260 e. The lowest BCUT2D eigenvalue weighted by atomic mass is 10.1. The van der Waals surface area contributed by atoms with Gasteiger partial charge in [-0.1, -0.05) is 13.8 Å². The summed E-state index contributed by atoms with van der Waals surface area (Å²) in [5, 5.41) is 7.63. The van der Waals surface area contributed by atoms with Crippen LogP contribution >= 0.6 is 0 Å². The molecule has 1 aromatic rings. The highest BCUT2D eigenvalue weighted by Crippen LogP contribution is 2.22. The molecule has 1 N–H and O–H groups in total. The van der Waals surface area contributed by atoms with E-state index in [-0.39, 0.29) is 17.1 Å². The summed E-state index contributed by atoms with van der Waals surface area (Å²) in [6.45, 7) is 5.33. The Morgan fingerprint density at radius 2 is 2.16 bits per heavy atom. The van der Waals surface area contributed by atoms with Gasteiger partial charge in [0.2, 0.25) is 0 Å². The van der Waals surface area contributed by atoms with Crippen molar-refractivity contribution in [3.05, 3.63) is 12.3 Å². The Bertz CT molecular complexity index is 526. The quantitative estimate of drug-likeness (QED) is 0.879. The summed E-state index contributed by atoms with van der Waals surface area (Å²) >= 11 is 0. The van der Waals surface area contributed by atoms with Gasteiger partial charge in [0, 0.05) is 32.2 Å². The highest BCUT2D eigenvalue weighted by atomic mass is 32.2. The van der Waals surface area contributed by atoms with Gasteiger partial charge < -0.3 is 5.32 Å². The average Bonchev–Trinajstić information content (AvgIpc) is 2.85. The van der Waals surface area contributed by atoms with Gasteiger partial charge >= 0.3 is 0 Å². The van der Waals surface area contributed by atoms with Gasteiger partial charge in [0.1, 0.15) is 0 Å². The normalized spacial score (nSPS) is 25.6. The molecule has 1 aliphatic rings. The van der Waals surface area contributed by atoms with Crippen molar-refractivity contribution in [3.63, 3.8) is 0 Å². The van der Waals surface area contributed by atoms with E-state index in [1.807, 2.05) is 6.92 Å². The zero-order chi connectivity index (χ0) is 14.0. The molecule has 0 amide bonds. The third kappa shape index (κ3) is 2.68. The second-order valence-electron chi connectivity index (χ2n) is 4.94. The second kappa shape index (κ2) is 5.60. The van der Waals surface area contributed by atoms with E-state index in [9.17, 15) is 8.42 Å². The maximum absolute atomic E-state index is 12.7. The first-order valence-electron chi connectivity index (χ1n) is 6.73. The zero-order valence-corrected chi connectivity index (χ0v) is 12.5. The number of sulfonamides is 1. The van der Waals surface area contributed by atoms with Crippen LogP contribution in [0.1, 0.15) is 26.7 Å². The number of hydrogen-bond donors (Lipinski definition) is 1. The molecule has 1 saturated heterocycles. The minimum absolute atomic E-state index is 0.0164. The largest absolute Gasteiger partial charge is 0.311 e. The SMILES string of the molecule is CCC1CN(S(=O)(=O)c2ccnn2C)C(CC)CN1. The van der Waals surface area contributed by atoms with E-state index in [4.69, 9.17) is 0 Å². The Morgan fingerprint density at radius 3 is 2.68 bits per heavy atom. The van der Waals surface area contributed by atoms with Gasteiger partial charge in [-0.3, -0.25) is 4.68 Å². The molecule has 0 saturated carbocycles. The van der Waals surface area contributed by atoms with Crippen molar-refractivity contribution in [3.8, 4) is 0 Å². The molecular weight excluding hydrogens is 264 g/mol. The summed E-state index contributed by atoms with van der Waals surface area (Å²) in [5.74, 6) is 0. The maximum Gasteiger partial charge on any atom is 0.260 e. The van der Waals surface area contributed by atoms with E-state index in [2.05, 4.69) is 17.3 Å². The molecule has 1 fully saturated rings. The van der Waals surface area contributed by atoms with Crippen molar-refractivity contribution >= 4 is 10.0 Å². The van der Waals surface area contributed by atoms with E-state index < -0.39 is 10.0 Å². The number of aryl methyl sites for hydroxylation is 1. The van der Waals surface area contributed by atoms with Crippen LogP contribution in [0.4, 0.5) is 0 Å². The van der Waals surface area contributed by atoms with Crippen molar-refractivity contribution in [1.82, 2.24) is 19.4 Å². The molecule has 2 atom stereocenters. The summed E-state index contributed by atoms with van der Waals surface area (Å²) < 4.78 is 28.5. The Labute approximate surface area is 114 Å². The standard InChI is InChI=1S/C12H22N4O2S/c1-4-10-9-16(11(5-2)8-13-10)19(17,18)12-6-7-14-15(12)3/h6-7,10-11,13H,4-5,8-9H2,1-3H3. The molecule has 0 aliphatic carbocycles. The van der Waals surface area contributed by atoms with Crippen molar-refractivity contribution in [2.45, 2.75) is 43.8 Å². The van der Waals surface area contributed by atoms with Crippen LogP contribution in [0.5, 0.6) is 0 Å². The van der Waals surface area contributed by atoms with Gasteiger partial charge in [-0.2, -0.15) is 9.40 Å². The van der Waals surface area contributed by atoms with Crippen molar-refractivity contribution < 1.29 is 8.42 Å². The number of rotatable bonds is 4. The van der Waals surface area contributed by atoms with E-state index in [1.54, 1.807) is 17.4 Å². The highest BCUT2D eigenvalue weighted by Gasteiger charge is 2.36. The van der Waals surface area contributed by atoms with Gasteiger partial charge in [-0.25, -0.2) is 8.42 Å². The Morgan fingerprint density at radius 1 is 1.42 bits per heavy atom. The minimum Gasteiger partial charge on any atom is -0.311 e. The summed E-state index contributed by atoms with van der Waals surface area (Å²) in [5.41, 5.74) is 0. The summed E-state index contributed by atoms with van der Waals surface area (Å²) in [7, 11) is -1.80. The monoisotopic (exact) mass is 286 g/mol. The average molecular weight is 286 g/mol. The topological polar surface area (TPSA) is 67.2 Å². The minimum atomic E-state index is -3.46. The van der Waals surface area contributed by atoms with Gasteiger partial charge in [0.25, 0.3) is 10.0 Å². The first-order chi connectivity index (χ1) is 9.00. The lowest BCUT2D eigenvalue weighted by Crippen LogP contribution is -2.57. The van der Waals surface area contributed by atoms with Crippen LogP contribution in [0.15, 0.2) is 17.3 Å². The summed E-state index contributed by atoms with van der Waals surface area (Å²) in [6.07, 6.45) is 3.25. The zero-order valence-electron chi connectivity index (χ0n) is 11.7. The lowest BCUT2D eigenvalue weighted by molar-refractivity contribution is 0.214. The first kappa shape index (κ1) is 14.5. The summed E-state index contributed by atoms with van der Waals surface area (Å²) in [4.78, 5) is 0. The van der Waals surface area contributed by atoms with Crippen LogP contribution in [-0.4, -0.2) is 47.7 Å². The molecule has 108 valence electrons. The van der Waals surface area contributed by atoms with Crippen LogP contribution in [-0.2, 0) is 17.1 Å². The van der Waals surface area contributed by atoms with Crippen molar-refractivity contribution in [2.24, 2.45) is 7.05 Å². The van der Waals surface area contributed by atoms with E-state index in [0.29, 0.717) is 13.1 Å². The van der Waals surface area contributed by atoms with E-state index >= 15 is 0 Å². The fourth-order valence-electron chi connectivity index (χ4n) is 2.49. The fraction of sp³-hybridized carbons (Fsp3) is 0.750. The van der Waals surface area contributed by atoms with E-state index in [1.165, 1.54) is 10.9 Å². The third-order valence-electron chi connectivity index (χ3n) is 3.76. The second-order valence-corrected chi connectivity index (χ2v) is 6.78. The molecule has 1 aromatic heterocycles. The molecule has 2 heterocycles. The van der Waals surface area contributed by atoms with E-state index in [0.717, 1.165) is 12.8 Å². The third-order valence-corrected chi connectivity index (χ3v) is 5.76. The Balaban J connectivity index is 2.33. The Kier molecular flexibility index (Phi) is 4.27.